The molecule has 1 fully saturated rings. The van der Waals surface area contributed by atoms with Crippen LogP contribution in [0.25, 0.3) is 10.2 Å². The predicted molar refractivity (Wildman–Crippen MR) is 81.0 cm³/mol. The minimum atomic E-state index is -0.400. The van der Waals surface area contributed by atoms with Gasteiger partial charge in [-0.05, 0) is 24.8 Å². The number of aromatic nitrogens is 2. The molecule has 2 aromatic rings. The van der Waals surface area contributed by atoms with Crippen LogP contribution in [0.2, 0.25) is 0 Å². The lowest BCUT2D eigenvalue weighted by Crippen LogP contribution is -2.38. The Kier molecular flexibility index (Phi) is 3.00. The van der Waals surface area contributed by atoms with Crippen LogP contribution < -0.4 is 10.9 Å². The van der Waals surface area contributed by atoms with E-state index in [4.69, 9.17) is 0 Å². The SMILES string of the molecule is O=C(Cn1cnc2sc3c(c2c1=O)CCC3)N1CCNC1=O. The van der Waals surface area contributed by atoms with E-state index in [2.05, 4.69) is 10.3 Å². The maximum atomic E-state index is 12.6. The lowest BCUT2D eigenvalue weighted by atomic mass is 10.2. The average molecular weight is 318 g/mol. The van der Waals surface area contributed by atoms with Crippen molar-refractivity contribution in [3.05, 3.63) is 27.1 Å². The van der Waals surface area contributed by atoms with Crippen molar-refractivity contribution >= 4 is 33.5 Å². The number of carbonyl (C=O) groups excluding carboxylic acids is 2. The van der Waals surface area contributed by atoms with Crippen LogP contribution >= 0.6 is 11.3 Å². The number of amides is 3. The summed E-state index contributed by atoms with van der Waals surface area (Å²) in [6.45, 7) is 0.643. The Morgan fingerprint density at radius 3 is 3.00 bits per heavy atom. The molecule has 0 atom stereocenters. The summed E-state index contributed by atoms with van der Waals surface area (Å²) in [4.78, 5) is 43.7. The summed E-state index contributed by atoms with van der Waals surface area (Å²) in [6, 6.07) is -0.400. The molecule has 1 saturated heterocycles. The fourth-order valence-electron chi connectivity index (χ4n) is 3.07. The van der Waals surface area contributed by atoms with Gasteiger partial charge < -0.3 is 5.32 Å². The lowest BCUT2D eigenvalue weighted by Gasteiger charge is -2.13. The van der Waals surface area contributed by atoms with Crippen molar-refractivity contribution in [3.8, 4) is 0 Å². The summed E-state index contributed by atoms with van der Waals surface area (Å²) >= 11 is 1.57. The Labute approximate surface area is 129 Å². The van der Waals surface area contributed by atoms with Crippen molar-refractivity contribution in [2.24, 2.45) is 0 Å². The van der Waals surface area contributed by atoms with E-state index < -0.39 is 6.03 Å². The summed E-state index contributed by atoms with van der Waals surface area (Å²) in [6.07, 6.45) is 4.38. The van der Waals surface area contributed by atoms with Gasteiger partial charge in [-0.3, -0.25) is 19.1 Å². The topological polar surface area (TPSA) is 84.3 Å². The van der Waals surface area contributed by atoms with Gasteiger partial charge in [0.25, 0.3) is 11.5 Å². The molecule has 0 bridgehead atoms. The van der Waals surface area contributed by atoms with Crippen LogP contribution in [0.3, 0.4) is 0 Å². The number of hydrogen-bond donors (Lipinski definition) is 1. The Bertz CT molecular complexity index is 854. The normalized spacial score (nSPS) is 17.1. The van der Waals surface area contributed by atoms with E-state index in [1.54, 1.807) is 11.3 Å². The Morgan fingerprint density at radius 2 is 2.23 bits per heavy atom. The molecule has 22 heavy (non-hydrogen) atoms. The van der Waals surface area contributed by atoms with Crippen LogP contribution in [0.4, 0.5) is 4.79 Å². The number of aryl methyl sites for hydroxylation is 2. The number of nitrogens with zero attached hydrogens (tertiary/aromatic N) is 3. The van der Waals surface area contributed by atoms with Crippen LogP contribution in [-0.4, -0.2) is 39.5 Å². The number of thiophene rings is 1. The first-order valence-electron chi connectivity index (χ1n) is 7.23. The van der Waals surface area contributed by atoms with Gasteiger partial charge in [-0.25, -0.2) is 9.78 Å². The third-order valence-electron chi connectivity index (χ3n) is 4.16. The van der Waals surface area contributed by atoms with Crippen LogP contribution in [0.1, 0.15) is 16.9 Å². The van der Waals surface area contributed by atoms with Crippen molar-refractivity contribution in [1.29, 1.82) is 0 Å². The second-order valence-corrected chi connectivity index (χ2v) is 6.58. The minimum Gasteiger partial charge on any atom is -0.336 e. The van der Waals surface area contributed by atoms with E-state index in [1.165, 1.54) is 15.8 Å². The first-order valence-corrected chi connectivity index (χ1v) is 8.04. The van der Waals surface area contributed by atoms with Crippen LogP contribution in [0.15, 0.2) is 11.1 Å². The molecule has 114 valence electrons. The van der Waals surface area contributed by atoms with Gasteiger partial charge in [-0.2, -0.15) is 0 Å². The van der Waals surface area contributed by atoms with Gasteiger partial charge in [0.15, 0.2) is 0 Å². The second-order valence-electron chi connectivity index (χ2n) is 5.49. The predicted octanol–water partition coefficient (Wildman–Crippen LogP) is 0.499. The quantitative estimate of drug-likeness (QED) is 0.874. The third-order valence-corrected chi connectivity index (χ3v) is 5.36. The molecular formula is C14H14N4O3S. The fraction of sp³-hybridized carbons (Fsp3) is 0.429. The van der Waals surface area contributed by atoms with Crippen molar-refractivity contribution in [2.75, 3.05) is 13.1 Å². The van der Waals surface area contributed by atoms with E-state index in [9.17, 15) is 14.4 Å². The van der Waals surface area contributed by atoms with E-state index in [0.717, 1.165) is 34.6 Å². The van der Waals surface area contributed by atoms with Gasteiger partial charge in [0.2, 0.25) is 0 Å². The fourth-order valence-corrected chi connectivity index (χ4v) is 4.29. The highest BCUT2D eigenvalue weighted by molar-refractivity contribution is 7.18. The summed E-state index contributed by atoms with van der Waals surface area (Å²) in [7, 11) is 0. The van der Waals surface area contributed by atoms with Crippen molar-refractivity contribution in [3.63, 3.8) is 0 Å². The number of nitrogens with one attached hydrogen (secondary N) is 1. The monoisotopic (exact) mass is 318 g/mol. The molecule has 7 nitrogen and oxygen atoms in total. The van der Waals surface area contributed by atoms with Crippen LogP contribution in [0, 0.1) is 0 Å². The largest absolute Gasteiger partial charge is 0.336 e. The van der Waals surface area contributed by atoms with Crippen molar-refractivity contribution in [1.82, 2.24) is 19.8 Å². The van der Waals surface area contributed by atoms with Crippen LogP contribution in [-0.2, 0) is 24.2 Å². The Balaban J connectivity index is 1.70. The summed E-state index contributed by atoms with van der Waals surface area (Å²) in [5.74, 6) is -0.384. The van der Waals surface area contributed by atoms with Crippen LogP contribution in [0.5, 0.6) is 0 Å². The van der Waals surface area contributed by atoms with E-state index >= 15 is 0 Å². The van der Waals surface area contributed by atoms with E-state index in [-0.39, 0.29) is 18.0 Å². The van der Waals surface area contributed by atoms with E-state index in [0.29, 0.717) is 18.5 Å². The molecule has 4 rings (SSSR count). The molecule has 0 unspecified atom stereocenters. The Hall–Kier alpha value is -2.22. The highest BCUT2D eigenvalue weighted by atomic mass is 32.1. The third kappa shape index (κ3) is 1.94. The molecule has 0 saturated carbocycles. The number of imide groups is 1. The average Bonchev–Trinajstić information content (AvgIpc) is 3.16. The molecular weight excluding hydrogens is 304 g/mol. The molecule has 0 aromatic carbocycles. The molecule has 1 aliphatic heterocycles. The van der Waals surface area contributed by atoms with Crippen molar-refractivity contribution in [2.45, 2.75) is 25.8 Å². The zero-order chi connectivity index (χ0) is 15.3. The molecule has 2 aromatic heterocycles. The molecule has 2 aliphatic rings. The minimum absolute atomic E-state index is 0.153. The number of fused-ring (bicyclic) bond motifs is 3. The van der Waals surface area contributed by atoms with Gasteiger partial charge in [0.05, 0.1) is 11.7 Å². The first-order chi connectivity index (χ1) is 10.6. The summed E-state index contributed by atoms with van der Waals surface area (Å²) in [5.41, 5.74) is 0.913. The summed E-state index contributed by atoms with van der Waals surface area (Å²) < 4.78 is 1.31. The molecule has 8 heteroatoms. The maximum absolute atomic E-state index is 12.6. The van der Waals surface area contributed by atoms with Crippen molar-refractivity contribution < 1.29 is 9.59 Å². The van der Waals surface area contributed by atoms with Gasteiger partial charge >= 0.3 is 6.03 Å². The molecule has 3 heterocycles. The molecule has 1 aliphatic carbocycles. The Morgan fingerprint density at radius 1 is 1.36 bits per heavy atom. The highest BCUT2D eigenvalue weighted by Crippen LogP contribution is 2.34. The molecule has 1 N–H and O–H groups in total. The van der Waals surface area contributed by atoms with Gasteiger partial charge in [0.1, 0.15) is 11.4 Å². The number of carbonyl (C=O) groups is 2. The standard InChI is InChI=1S/C14H14N4O3S/c19-10(18-5-4-15-14(18)21)6-17-7-16-12-11(13(17)20)8-2-1-3-9(8)22-12/h7H,1-6H2,(H,15,21). The smallest absolute Gasteiger partial charge is 0.324 e. The maximum Gasteiger partial charge on any atom is 0.324 e. The number of rotatable bonds is 2. The number of urea groups is 1. The second kappa shape index (κ2) is 4.91. The first kappa shape index (κ1) is 13.4. The van der Waals surface area contributed by atoms with E-state index in [1.807, 2.05) is 0 Å². The zero-order valence-corrected chi connectivity index (χ0v) is 12.6. The van der Waals surface area contributed by atoms with Gasteiger partial charge in [0, 0.05) is 18.0 Å². The van der Waals surface area contributed by atoms with Gasteiger partial charge in [-0.15, -0.1) is 11.3 Å². The van der Waals surface area contributed by atoms with Gasteiger partial charge in [-0.1, -0.05) is 0 Å². The molecule has 0 radical (unpaired) electrons. The lowest BCUT2D eigenvalue weighted by molar-refractivity contribution is -0.128. The zero-order valence-electron chi connectivity index (χ0n) is 11.8. The number of hydrogen-bond acceptors (Lipinski definition) is 5. The summed E-state index contributed by atoms with van der Waals surface area (Å²) in [5, 5.41) is 3.23. The molecule has 3 amide bonds. The molecule has 0 spiro atoms. The highest BCUT2D eigenvalue weighted by Gasteiger charge is 2.27.